The first-order valence-corrected chi connectivity index (χ1v) is 14.9. The van der Waals surface area contributed by atoms with Crippen LogP contribution in [0.5, 0.6) is 0 Å². The summed E-state index contributed by atoms with van der Waals surface area (Å²) in [5.41, 5.74) is 3.26. The zero-order valence-corrected chi connectivity index (χ0v) is 25.7. The maximum absolute atomic E-state index is 14.0. The first-order valence-electron chi connectivity index (χ1n) is 13.1. The molecule has 0 unspecified atom stereocenters. The molecule has 0 saturated heterocycles. The number of hydrogen-bond donors (Lipinski definition) is 1. The average molecular weight is 584 g/mol. The molecule has 7 nitrogen and oxygen atoms in total. The first kappa shape index (κ1) is 31.2. The van der Waals surface area contributed by atoms with E-state index < -0.39 is 34.1 Å². The van der Waals surface area contributed by atoms with Crippen molar-refractivity contribution < 1.29 is 18.0 Å². The van der Waals surface area contributed by atoms with Gasteiger partial charge in [-0.05, 0) is 83.9 Å². The molecule has 0 radical (unpaired) electrons. The summed E-state index contributed by atoms with van der Waals surface area (Å²) in [5.74, 6) is -0.856. The van der Waals surface area contributed by atoms with Crippen molar-refractivity contribution in [1.82, 2.24) is 10.2 Å². The van der Waals surface area contributed by atoms with E-state index in [4.69, 9.17) is 11.6 Å². The molecule has 0 aromatic heterocycles. The monoisotopic (exact) mass is 583 g/mol. The molecule has 0 heterocycles. The number of nitrogens with zero attached hydrogens (tertiary/aromatic N) is 2. The number of carbonyl (C=O) groups is 2. The van der Waals surface area contributed by atoms with E-state index in [-0.39, 0.29) is 23.0 Å². The Morgan fingerprint density at radius 2 is 1.57 bits per heavy atom. The van der Waals surface area contributed by atoms with Crippen molar-refractivity contribution in [2.24, 2.45) is 0 Å². The van der Waals surface area contributed by atoms with Gasteiger partial charge in [0.1, 0.15) is 12.6 Å². The van der Waals surface area contributed by atoms with Gasteiger partial charge >= 0.3 is 0 Å². The lowest BCUT2D eigenvalue weighted by atomic mass is 10.1. The van der Waals surface area contributed by atoms with Gasteiger partial charge in [0.2, 0.25) is 11.8 Å². The lowest BCUT2D eigenvalue weighted by molar-refractivity contribution is -0.140. The minimum atomic E-state index is -4.16. The minimum Gasteiger partial charge on any atom is -0.350 e. The van der Waals surface area contributed by atoms with E-state index in [1.807, 2.05) is 65.8 Å². The second kappa shape index (κ2) is 12.4. The Kier molecular flexibility index (Phi) is 9.69. The molecule has 0 spiro atoms. The normalized spacial score (nSPS) is 12.5. The zero-order valence-electron chi connectivity index (χ0n) is 24.2. The predicted molar refractivity (Wildman–Crippen MR) is 161 cm³/mol. The van der Waals surface area contributed by atoms with Gasteiger partial charge in [-0.3, -0.25) is 13.9 Å². The fourth-order valence-electron chi connectivity index (χ4n) is 4.17. The van der Waals surface area contributed by atoms with Crippen LogP contribution < -0.4 is 9.62 Å². The number of halogens is 1. The number of anilines is 1. The predicted octanol–water partition coefficient (Wildman–Crippen LogP) is 5.79. The van der Waals surface area contributed by atoms with E-state index in [2.05, 4.69) is 5.32 Å². The van der Waals surface area contributed by atoms with Crippen LogP contribution in [0.25, 0.3) is 0 Å². The Bertz CT molecular complexity index is 1480. The van der Waals surface area contributed by atoms with E-state index in [9.17, 15) is 18.0 Å². The van der Waals surface area contributed by atoms with Crippen LogP contribution in [0.1, 0.15) is 49.9 Å². The van der Waals surface area contributed by atoms with Gasteiger partial charge in [0.05, 0.1) is 10.6 Å². The molecular weight excluding hydrogens is 546 g/mol. The van der Waals surface area contributed by atoms with Gasteiger partial charge in [0.15, 0.2) is 0 Å². The lowest BCUT2D eigenvalue weighted by Crippen LogP contribution is -2.54. The van der Waals surface area contributed by atoms with Crippen molar-refractivity contribution in [3.05, 3.63) is 94.0 Å². The summed E-state index contributed by atoms with van der Waals surface area (Å²) < 4.78 is 28.9. The Hall–Kier alpha value is -3.36. The topological polar surface area (TPSA) is 86.8 Å². The van der Waals surface area contributed by atoms with Crippen molar-refractivity contribution >= 4 is 39.1 Å². The highest BCUT2D eigenvalue weighted by Gasteiger charge is 2.33. The van der Waals surface area contributed by atoms with Crippen molar-refractivity contribution in [1.29, 1.82) is 0 Å². The van der Waals surface area contributed by atoms with Crippen LogP contribution >= 0.6 is 11.6 Å². The molecule has 0 saturated carbocycles. The number of rotatable bonds is 9. The quantitative estimate of drug-likeness (QED) is 0.345. The highest BCUT2D eigenvalue weighted by atomic mass is 35.5. The number of nitrogens with one attached hydrogen (secondary N) is 1. The Morgan fingerprint density at radius 1 is 0.925 bits per heavy atom. The van der Waals surface area contributed by atoms with Gasteiger partial charge in [0, 0.05) is 17.1 Å². The second-order valence-electron chi connectivity index (χ2n) is 11.2. The van der Waals surface area contributed by atoms with Crippen LogP contribution in [-0.4, -0.2) is 43.3 Å². The molecule has 3 rings (SSSR count). The molecule has 0 aliphatic rings. The Labute approximate surface area is 243 Å². The molecular formula is C31H38ClN3O4S. The van der Waals surface area contributed by atoms with Crippen molar-refractivity contribution in [2.75, 3.05) is 10.8 Å². The van der Waals surface area contributed by atoms with Gasteiger partial charge in [-0.2, -0.15) is 0 Å². The van der Waals surface area contributed by atoms with E-state index in [1.165, 1.54) is 23.1 Å². The molecule has 2 amide bonds. The molecule has 0 aliphatic heterocycles. The average Bonchev–Trinajstić information content (AvgIpc) is 2.86. The fourth-order valence-corrected chi connectivity index (χ4v) is 5.75. The third kappa shape index (κ3) is 7.86. The number of aryl methyl sites for hydroxylation is 3. The van der Waals surface area contributed by atoms with Crippen LogP contribution in [0.15, 0.2) is 71.6 Å². The number of carbonyl (C=O) groups excluding carboxylic acids is 2. The van der Waals surface area contributed by atoms with Crippen molar-refractivity contribution in [2.45, 2.75) is 71.5 Å². The summed E-state index contributed by atoms with van der Waals surface area (Å²) in [4.78, 5) is 28.7. The first-order chi connectivity index (χ1) is 18.6. The van der Waals surface area contributed by atoms with Crippen LogP contribution in [0.2, 0.25) is 5.02 Å². The summed E-state index contributed by atoms with van der Waals surface area (Å²) in [6.07, 6.45) is 0. The number of benzene rings is 3. The summed E-state index contributed by atoms with van der Waals surface area (Å²) in [5, 5.41) is 3.31. The molecule has 214 valence electrons. The zero-order chi connectivity index (χ0) is 29.8. The molecule has 1 atom stereocenters. The summed E-state index contributed by atoms with van der Waals surface area (Å²) in [6.45, 7) is 12.5. The standard InChI is InChI=1S/C31H38ClN3O4S/c1-21-11-15-27(16-12-21)40(38,39)35(26-14-13-23(3)28(32)18-26)20-29(36)34(19-25-10-8-9-22(2)17-25)24(4)30(37)33-31(5,6)7/h8-18,24H,19-20H2,1-7H3,(H,33,37)/t24-/m1/s1. The fraction of sp³-hybridized carbons (Fsp3) is 0.355. The van der Waals surface area contributed by atoms with E-state index in [0.717, 1.165) is 26.6 Å². The van der Waals surface area contributed by atoms with Gasteiger partial charge < -0.3 is 10.2 Å². The van der Waals surface area contributed by atoms with Crippen molar-refractivity contribution in [3.8, 4) is 0 Å². The maximum Gasteiger partial charge on any atom is 0.264 e. The maximum atomic E-state index is 14.0. The number of amides is 2. The molecule has 3 aromatic rings. The lowest BCUT2D eigenvalue weighted by Gasteiger charge is -2.33. The third-order valence-electron chi connectivity index (χ3n) is 6.43. The Morgan fingerprint density at radius 3 is 2.15 bits per heavy atom. The molecule has 0 fully saturated rings. The van der Waals surface area contributed by atoms with Crippen LogP contribution in [0.3, 0.4) is 0 Å². The van der Waals surface area contributed by atoms with Crippen LogP contribution in [0, 0.1) is 20.8 Å². The second-order valence-corrected chi connectivity index (χ2v) is 13.5. The number of hydrogen-bond acceptors (Lipinski definition) is 4. The van der Waals surface area contributed by atoms with Crippen LogP contribution in [0.4, 0.5) is 5.69 Å². The van der Waals surface area contributed by atoms with E-state index in [0.29, 0.717) is 5.02 Å². The van der Waals surface area contributed by atoms with Gasteiger partial charge in [-0.1, -0.05) is 65.2 Å². The highest BCUT2D eigenvalue weighted by Crippen LogP contribution is 2.29. The molecule has 40 heavy (non-hydrogen) atoms. The van der Waals surface area contributed by atoms with E-state index >= 15 is 0 Å². The van der Waals surface area contributed by atoms with Gasteiger partial charge in [0.25, 0.3) is 10.0 Å². The van der Waals surface area contributed by atoms with Crippen molar-refractivity contribution in [3.63, 3.8) is 0 Å². The SMILES string of the molecule is Cc1ccc(S(=O)(=O)N(CC(=O)N(Cc2cccc(C)c2)[C@H](C)C(=O)NC(C)(C)C)c2ccc(C)c(Cl)c2)cc1. The summed E-state index contributed by atoms with van der Waals surface area (Å²) in [6, 6.07) is 18.1. The Balaban J connectivity index is 2.07. The van der Waals surface area contributed by atoms with E-state index in [1.54, 1.807) is 31.2 Å². The summed E-state index contributed by atoms with van der Waals surface area (Å²) in [7, 11) is -4.16. The molecule has 9 heteroatoms. The smallest absolute Gasteiger partial charge is 0.264 e. The third-order valence-corrected chi connectivity index (χ3v) is 8.63. The van der Waals surface area contributed by atoms with Gasteiger partial charge in [-0.25, -0.2) is 8.42 Å². The molecule has 0 aliphatic carbocycles. The summed E-state index contributed by atoms with van der Waals surface area (Å²) >= 11 is 6.38. The minimum absolute atomic E-state index is 0.0476. The number of sulfonamides is 1. The highest BCUT2D eigenvalue weighted by molar-refractivity contribution is 7.92. The molecule has 1 N–H and O–H groups in total. The van der Waals surface area contributed by atoms with Crippen LogP contribution in [-0.2, 0) is 26.2 Å². The van der Waals surface area contributed by atoms with Gasteiger partial charge in [-0.15, -0.1) is 0 Å². The molecule has 3 aromatic carbocycles. The largest absolute Gasteiger partial charge is 0.350 e. The molecule has 0 bridgehead atoms.